The van der Waals surface area contributed by atoms with Crippen LogP contribution in [0.3, 0.4) is 0 Å². The van der Waals surface area contributed by atoms with Crippen molar-refractivity contribution < 1.29 is 4.79 Å². The van der Waals surface area contributed by atoms with Crippen LogP contribution in [0.2, 0.25) is 0 Å². The molecule has 0 spiro atoms. The van der Waals surface area contributed by atoms with Gasteiger partial charge in [-0.2, -0.15) is 0 Å². The number of fused-ring (bicyclic) bond motifs is 2. The predicted octanol–water partition coefficient (Wildman–Crippen LogP) is 3.30. The van der Waals surface area contributed by atoms with E-state index in [0.717, 1.165) is 30.3 Å². The third-order valence-corrected chi connectivity index (χ3v) is 5.20. The van der Waals surface area contributed by atoms with Crippen molar-refractivity contribution in [2.24, 2.45) is 0 Å². The highest BCUT2D eigenvalue weighted by molar-refractivity contribution is 6.10. The molecule has 4 aromatic rings. The summed E-state index contributed by atoms with van der Waals surface area (Å²) in [5.74, 6) is 0.271. The third-order valence-electron chi connectivity index (χ3n) is 5.20. The summed E-state index contributed by atoms with van der Waals surface area (Å²) in [5.41, 5.74) is 10.9. The first-order valence-electron chi connectivity index (χ1n) is 9.60. The van der Waals surface area contributed by atoms with Crippen LogP contribution in [-0.4, -0.2) is 26.5 Å². The van der Waals surface area contributed by atoms with Crippen LogP contribution in [0.5, 0.6) is 0 Å². The van der Waals surface area contributed by atoms with E-state index in [4.69, 9.17) is 15.7 Å². The maximum Gasteiger partial charge on any atom is 0.257 e. The summed E-state index contributed by atoms with van der Waals surface area (Å²) in [5, 5.41) is 3.04. The van der Waals surface area contributed by atoms with Crippen LogP contribution < -0.4 is 11.1 Å². The van der Waals surface area contributed by atoms with Gasteiger partial charge in [0, 0.05) is 12.6 Å². The molecule has 0 aliphatic heterocycles. The van der Waals surface area contributed by atoms with E-state index in [9.17, 15) is 4.79 Å². The number of nitrogen functional groups attached to an aromatic ring is 1. The lowest BCUT2D eigenvalue weighted by Crippen LogP contribution is -2.26. The summed E-state index contributed by atoms with van der Waals surface area (Å²) in [4.78, 5) is 22.4. The van der Waals surface area contributed by atoms with Crippen LogP contribution in [0.1, 0.15) is 28.8 Å². The zero-order valence-electron chi connectivity index (χ0n) is 15.4. The summed E-state index contributed by atoms with van der Waals surface area (Å²) >= 11 is 0. The maximum atomic E-state index is 12.9. The number of rotatable bonds is 5. The first-order chi connectivity index (χ1) is 13.7. The molecule has 28 heavy (non-hydrogen) atoms. The number of nitrogens with zero attached hydrogens (tertiary/aromatic N) is 3. The Morgan fingerprint density at radius 2 is 1.71 bits per heavy atom. The number of carbonyl (C=O) groups is 1. The number of hydrogen-bond acceptors (Lipinski definition) is 4. The summed E-state index contributed by atoms with van der Waals surface area (Å²) < 4.78 is 1.92. The minimum absolute atomic E-state index is 0.159. The van der Waals surface area contributed by atoms with Crippen LogP contribution in [0, 0.1) is 0 Å². The van der Waals surface area contributed by atoms with Crippen molar-refractivity contribution in [3.63, 3.8) is 0 Å². The number of carbonyl (C=O) groups excluding carboxylic acids is 1. The number of aryl methyl sites for hydroxylation is 2. The molecular weight excluding hydrogens is 350 g/mol. The number of benzene rings is 2. The number of para-hydroxylation sites is 2. The third kappa shape index (κ3) is 2.97. The average Bonchev–Trinajstić information content (AvgIpc) is 3.48. The Hall–Kier alpha value is -3.41. The molecule has 6 nitrogen and oxygen atoms in total. The minimum Gasteiger partial charge on any atom is -0.384 e. The lowest BCUT2D eigenvalue weighted by atomic mass is 10.1. The number of amides is 1. The first kappa shape index (κ1) is 16.7. The van der Waals surface area contributed by atoms with Gasteiger partial charge in [0.1, 0.15) is 16.9 Å². The summed E-state index contributed by atoms with van der Waals surface area (Å²) in [7, 11) is 0. The Balaban J connectivity index is 1.63. The molecule has 5 rings (SSSR count). The predicted molar refractivity (Wildman–Crippen MR) is 110 cm³/mol. The van der Waals surface area contributed by atoms with Gasteiger partial charge in [0.25, 0.3) is 5.91 Å². The monoisotopic (exact) mass is 371 g/mol. The number of nitrogens with two attached hydrogens (primary N) is 1. The van der Waals surface area contributed by atoms with Crippen LogP contribution in [0.4, 0.5) is 5.82 Å². The standard InChI is InChI=1S/C22H21N5O/c23-20-18(22(28)24-15-10-11-15)19-21(26-17-9-5-4-8-16(17)25-19)27(20)13-12-14-6-2-1-3-7-14/h1-9,15H,10-13,23H2,(H,24,28). The van der Waals surface area contributed by atoms with E-state index in [0.29, 0.717) is 29.1 Å². The molecule has 0 atom stereocenters. The Kier molecular flexibility index (Phi) is 3.97. The SMILES string of the molecule is Nc1c(C(=O)NC2CC2)c2nc3ccccc3nc2n1CCc1ccccc1. The average molecular weight is 371 g/mol. The van der Waals surface area contributed by atoms with E-state index < -0.39 is 0 Å². The van der Waals surface area contributed by atoms with E-state index in [1.54, 1.807) is 0 Å². The molecule has 140 valence electrons. The summed E-state index contributed by atoms with van der Waals surface area (Å²) in [6, 6.07) is 18.2. The molecule has 1 aliphatic rings. The van der Waals surface area contributed by atoms with Crippen LogP contribution in [-0.2, 0) is 13.0 Å². The topological polar surface area (TPSA) is 85.8 Å². The zero-order chi connectivity index (χ0) is 19.1. The molecular formula is C22H21N5O. The molecule has 2 aromatic carbocycles. The Labute approximate surface area is 162 Å². The molecule has 1 saturated carbocycles. The molecule has 1 amide bonds. The molecule has 1 fully saturated rings. The van der Waals surface area contributed by atoms with Crippen molar-refractivity contribution in [1.82, 2.24) is 19.9 Å². The van der Waals surface area contributed by atoms with Gasteiger partial charge in [0.05, 0.1) is 11.0 Å². The van der Waals surface area contributed by atoms with E-state index in [1.165, 1.54) is 5.56 Å². The second-order valence-electron chi connectivity index (χ2n) is 7.28. The Bertz CT molecular complexity index is 1180. The van der Waals surface area contributed by atoms with Gasteiger partial charge in [-0.15, -0.1) is 0 Å². The van der Waals surface area contributed by atoms with Gasteiger partial charge in [-0.05, 0) is 37.0 Å². The second-order valence-corrected chi connectivity index (χ2v) is 7.28. The molecule has 0 saturated heterocycles. The number of aromatic nitrogens is 3. The van der Waals surface area contributed by atoms with E-state index >= 15 is 0 Å². The fourth-order valence-corrected chi connectivity index (χ4v) is 3.54. The fourth-order valence-electron chi connectivity index (χ4n) is 3.54. The lowest BCUT2D eigenvalue weighted by Gasteiger charge is -2.08. The van der Waals surface area contributed by atoms with Crippen molar-refractivity contribution in [3.8, 4) is 0 Å². The highest BCUT2D eigenvalue weighted by Gasteiger charge is 2.29. The highest BCUT2D eigenvalue weighted by atomic mass is 16.1. The van der Waals surface area contributed by atoms with Gasteiger partial charge >= 0.3 is 0 Å². The van der Waals surface area contributed by atoms with E-state index in [2.05, 4.69) is 17.4 Å². The summed E-state index contributed by atoms with van der Waals surface area (Å²) in [6.07, 6.45) is 2.84. The molecule has 0 unspecified atom stereocenters. The van der Waals surface area contributed by atoms with Gasteiger partial charge in [-0.3, -0.25) is 4.79 Å². The first-order valence-corrected chi connectivity index (χ1v) is 9.60. The highest BCUT2D eigenvalue weighted by Crippen LogP contribution is 2.29. The van der Waals surface area contributed by atoms with Crippen molar-refractivity contribution in [2.75, 3.05) is 5.73 Å². The quantitative estimate of drug-likeness (QED) is 0.564. The molecule has 2 heterocycles. The number of nitrogens with one attached hydrogen (secondary N) is 1. The van der Waals surface area contributed by atoms with Gasteiger partial charge < -0.3 is 15.6 Å². The maximum absolute atomic E-state index is 12.9. The van der Waals surface area contributed by atoms with Crippen molar-refractivity contribution in [3.05, 3.63) is 65.7 Å². The minimum atomic E-state index is -0.159. The smallest absolute Gasteiger partial charge is 0.257 e. The second kappa shape index (κ2) is 6.64. The lowest BCUT2D eigenvalue weighted by molar-refractivity contribution is 0.0953. The van der Waals surface area contributed by atoms with E-state index in [-0.39, 0.29) is 11.9 Å². The van der Waals surface area contributed by atoms with E-state index in [1.807, 2.05) is 47.0 Å². The molecule has 3 N–H and O–H groups in total. The molecule has 0 radical (unpaired) electrons. The van der Waals surface area contributed by atoms with Gasteiger partial charge in [-0.1, -0.05) is 42.5 Å². The van der Waals surface area contributed by atoms with Crippen molar-refractivity contribution in [2.45, 2.75) is 31.8 Å². The van der Waals surface area contributed by atoms with Crippen LogP contribution in [0.25, 0.3) is 22.2 Å². The molecule has 2 aromatic heterocycles. The van der Waals surface area contributed by atoms with Gasteiger partial charge in [-0.25, -0.2) is 9.97 Å². The van der Waals surface area contributed by atoms with Crippen molar-refractivity contribution in [1.29, 1.82) is 0 Å². The van der Waals surface area contributed by atoms with Crippen LogP contribution >= 0.6 is 0 Å². The number of hydrogen-bond donors (Lipinski definition) is 2. The molecule has 6 heteroatoms. The van der Waals surface area contributed by atoms with Crippen molar-refractivity contribution >= 4 is 33.9 Å². The summed E-state index contributed by atoms with van der Waals surface area (Å²) in [6.45, 7) is 0.635. The van der Waals surface area contributed by atoms with Gasteiger partial charge in [0.2, 0.25) is 0 Å². The number of anilines is 1. The normalized spacial score (nSPS) is 13.9. The Morgan fingerprint density at radius 3 is 2.43 bits per heavy atom. The fraction of sp³-hybridized carbons (Fsp3) is 0.227. The zero-order valence-corrected chi connectivity index (χ0v) is 15.4. The molecule has 1 aliphatic carbocycles. The van der Waals surface area contributed by atoms with Crippen LogP contribution in [0.15, 0.2) is 54.6 Å². The largest absolute Gasteiger partial charge is 0.384 e. The van der Waals surface area contributed by atoms with Gasteiger partial charge in [0.15, 0.2) is 5.65 Å². The molecule has 0 bridgehead atoms. The Morgan fingerprint density at radius 1 is 1.04 bits per heavy atom.